The predicted molar refractivity (Wildman–Crippen MR) is 98.2 cm³/mol. The van der Waals surface area contributed by atoms with Crippen molar-refractivity contribution in [2.24, 2.45) is 5.41 Å². The highest BCUT2D eigenvalue weighted by Gasteiger charge is 2.29. The van der Waals surface area contributed by atoms with E-state index in [4.69, 9.17) is 4.74 Å². The van der Waals surface area contributed by atoms with Crippen LogP contribution in [-0.4, -0.2) is 24.5 Å². The van der Waals surface area contributed by atoms with E-state index in [9.17, 15) is 14.4 Å². The Morgan fingerprint density at radius 1 is 1.12 bits per heavy atom. The number of alkyl carbamates (subject to hydrolysis) is 1. The normalized spacial score (nSPS) is 14.2. The summed E-state index contributed by atoms with van der Waals surface area (Å²) in [7, 11) is 0. The Kier molecular flexibility index (Phi) is 6.21. The van der Waals surface area contributed by atoms with Crippen molar-refractivity contribution in [3.05, 3.63) is 16.0 Å². The highest BCUT2D eigenvalue weighted by Crippen LogP contribution is 2.38. The van der Waals surface area contributed by atoms with Crippen LogP contribution in [0.1, 0.15) is 67.8 Å². The fourth-order valence-electron chi connectivity index (χ4n) is 2.68. The number of carbonyl (C=O) groups is 3. The summed E-state index contributed by atoms with van der Waals surface area (Å²) in [6.07, 6.45) is 4.08. The van der Waals surface area contributed by atoms with E-state index in [2.05, 4.69) is 10.6 Å². The summed E-state index contributed by atoms with van der Waals surface area (Å²) in [5, 5.41) is 5.66. The first kappa shape index (κ1) is 19.4. The van der Waals surface area contributed by atoms with E-state index >= 15 is 0 Å². The standard InChI is InChI=1S/C18H26N2O4S/c1-5-24-17(23)19-14(21)13-11-9-7-6-8-10-12(11)25-15(13)20-16(22)18(2,3)4/h5-10H2,1-4H3,(H,20,22)(H,19,21,23). The summed E-state index contributed by atoms with van der Waals surface area (Å²) < 4.78 is 4.80. The van der Waals surface area contributed by atoms with Crippen molar-refractivity contribution >= 4 is 34.2 Å². The van der Waals surface area contributed by atoms with E-state index in [-0.39, 0.29) is 12.5 Å². The number of nitrogens with one attached hydrogen (secondary N) is 2. The maximum atomic E-state index is 12.7. The molecule has 0 bridgehead atoms. The average molecular weight is 366 g/mol. The number of thiophene rings is 1. The quantitative estimate of drug-likeness (QED) is 0.795. The zero-order valence-corrected chi connectivity index (χ0v) is 16.1. The molecule has 2 N–H and O–H groups in total. The van der Waals surface area contributed by atoms with E-state index in [0.29, 0.717) is 10.6 Å². The summed E-state index contributed by atoms with van der Waals surface area (Å²) in [5.41, 5.74) is 0.789. The van der Waals surface area contributed by atoms with Crippen LogP contribution in [0, 0.1) is 5.41 Å². The third kappa shape index (κ3) is 4.81. The minimum atomic E-state index is -0.769. The zero-order chi connectivity index (χ0) is 18.6. The molecule has 6 nitrogen and oxygen atoms in total. The first-order valence-electron chi connectivity index (χ1n) is 8.68. The molecule has 0 atom stereocenters. The van der Waals surface area contributed by atoms with Gasteiger partial charge in [-0.2, -0.15) is 0 Å². The molecule has 25 heavy (non-hydrogen) atoms. The number of hydrogen-bond donors (Lipinski definition) is 2. The number of amides is 3. The molecule has 2 rings (SSSR count). The van der Waals surface area contributed by atoms with Crippen molar-refractivity contribution in [2.75, 3.05) is 11.9 Å². The van der Waals surface area contributed by atoms with Gasteiger partial charge in [0.1, 0.15) is 5.00 Å². The molecule has 0 saturated carbocycles. The van der Waals surface area contributed by atoms with Gasteiger partial charge in [-0.3, -0.25) is 14.9 Å². The molecule has 1 heterocycles. The van der Waals surface area contributed by atoms with E-state index < -0.39 is 17.4 Å². The van der Waals surface area contributed by atoms with Gasteiger partial charge in [0, 0.05) is 10.3 Å². The molecule has 0 fully saturated rings. The van der Waals surface area contributed by atoms with Crippen LogP contribution in [0.2, 0.25) is 0 Å². The molecule has 0 saturated heterocycles. The van der Waals surface area contributed by atoms with Gasteiger partial charge in [-0.1, -0.05) is 27.2 Å². The van der Waals surface area contributed by atoms with Crippen LogP contribution in [0.4, 0.5) is 9.80 Å². The van der Waals surface area contributed by atoms with Crippen molar-refractivity contribution in [1.82, 2.24) is 5.32 Å². The Bertz CT molecular complexity index is 673. The molecule has 3 amide bonds. The van der Waals surface area contributed by atoms with E-state index in [0.717, 1.165) is 42.5 Å². The molecule has 1 aromatic heterocycles. The smallest absolute Gasteiger partial charge is 0.414 e. The van der Waals surface area contributed by atoms with E-state index in [1.807, 2.05) is 20.8 Å². The van der Waals surface area contributed by atoms with Crippen molar-refractivity contribution in [1.29, 1.82) is 0 Å². The van der Waals surface area contributed by atoms with Crippen LogP contribution in [-0.2, 0) is 22.4 Å². The lowest BCUT2D eigenvalue weighted by Crippen LogP contribution is -2.33. The van der Waals surface area contributed by atoms with Gasteiger partial charge in [-0.05, 0) is 38.2 Å². The highest BCUT2D eigenvalue weighted by atomic mass is 32.1. The Hall–Kier alpha value is -1.89. The fraction of sp³-hybridized carbons (Fsp3) is 0.611. The number of rotatable bonds is 3. The molecule has 1 aromatic rings. The first-order valence-corrected chi connectivity index (χ1v) is 9.49. The second-order valence-electron chi connectivity index (χ2n) is 7.15. The van der Waals surface area contributed by atoms with Gasteiger partial charge in [-0.15, -0.1) is 11.3 Å². The second kappa shape index (κ2) is 7.99. The molecule has 1 aliphatic carbocycles. The maximum Gasteiger partial charge on any atom is 0.414 e. The molecule has 138 valence electrons. The lowest BCUT2D eigenvalue weighted by atomic mass is 9.95. The number of hydrogen-bond acceptors (Lipinski definition) is 5. The number of carbonyl (C=O) groups excluding carboxylic acids is 3. The molecule has 7 heteroatoms. The molecular formula is C18H26N2O4S. The predicted octanol–water partition coefficient (Wildman–Crippen LogP) is 3.89. The van der Waals surface area contributed by atoms with Gasteiger partial charge in [0.25, 0.3) is 5.91 Å². The van der Waals surface area contributed by atoms with Gasteiger partial charge >= 0.3 is 6.09 Å². The molecule has 0 spiro atoms. The zero-order valence-electron chi connectivity index (χ0n) is 15.3. The number of fused-ring (bicyclic) bond motifs is 1. The van der Waals surface area contributed by atoms with Crippen LogP contribution in [0.25, 0.3) is 0 Å². The molecule has 1 aliphatic rings. The third-order valence-electron chi connectivity index (χ3n) is 4.05. The summed E-state index contributed by atoms with van der Waals surface area (Å²) in [5.74, 6) is -0.670. The molecule has 0 aliphatic heterocycles. The largest absolute Gasteiger partial charge is 0.450 e. The monoisotopic (exact) mass is 366 g/mol. The van der Waals surface area contributed by atoms with Crippen LogP contribution >= 0.6 is 11.3 Å². The van der Waals surface area contributed by atoms with Gasteiger partial charge in [0.05, 0.1) is 12.2 Å². The number of imide groups is 1. The summed E-state index contributed by atoms with van der Waals surface area (Å²) >= 11 is 1.44. The summed E-state index contributed by atoms with van der Waals surface area (Å²) in [6, 6.07) is 0. The average Bonchev–Trinajstić information content (AvgIpc) is 2.68. The van der Waals surface area contributed by atoms with Gasteiger partial charge in [0.15, 0.2) is 0 Å². The van der Waals surface area contributed by atoms with Crippen LogP contribution in [0.15, 0.2) is 0 Å². The molecule has 0 radical (unpaired) electrons. The lowest BCUT2D eigenvalue weighted by molar-refractivity contribution is -0.123. The molecule has 0 aromatic carbocycles. The highest BCUT2D eigenvalue weighted by molar-refractivity contribution is 7.17. The molecular weight excluding hydrogens is 340 g/mol. The minimum Gasteiger partial charge on any atom is -0.450 e. The van der Waals surface area contributed by atoms with Gasteiger partial charge in [0.2, 0.25) is 5.91 Å². The maximum absolute atomic E-state index is 12.7. The topological polar surface area (TPSA) is 84.5 Å². The Morgan fingerprint density at radius 3 is 2.44 bits per heavy atom. The van der Waals surface area contributed by atoms with Gasteiger partial charge < -0.3 is 10.1 Å². The fourth-order valence-corrected chi connectivity index (χ4v) is 3.97. The van der Waals surface area contributed by atoms with Crippen molar-refractivity contribution < 1.29 is 19.1 Å². The van der Waals surface area contributed by atoms with E-state index in [1.165, 1.54) is 11.3 Å². The second-order valence-corrected chi connectivity index (χ2v) is 8.25. The lowest BCUT2D eigenvalue weighted by Gasteiger charge is -2.17. The van der Waals surface area contributed by atoms with Crippen molar-refractivity contribution in [3.8, 4) is 0 Å². The SMILES string of the molecule is CCOC(=O)NC(=O)c1c(NC(=O)C(C)(C)C)sc2c1CCCCC2. The van der Waals surface area contributed by atoms with Crippen LogP contribution in [0.3, 0.4) is 0 Å². The van der Waals surface area contributed by atoms with Crippen LogP contribution in [0.5, 0.6) is 0 Å². The third-order valence-corrected chi connectivity index (χ3v) is 5.25. The van der Waals surface area contributed by atoms with Crippen molar-refractivity contribution in [3.63, 3.8) is 0 Å². The first-order chi connectivity index (χ1) is 11.7. The Morgan fingerprint density at radius 2 is 1.80 bits per heavy atom. The minimum absolute atomic E-state index is 0.158. The van der Waals surface area contributed by atoms with Crippen LogP contribution < -0.4 is 10.6 Å². The Balaban J connectivity index is 2.36. The Labute approximate surface area is 152 Å². The van der Waals surface area contributed by atoms with Gasteiger partial charge in [-0.25, -0.2) is 4.79 Å². The van der Waals surface area contributed by atoms with Crippen molar-refractivity contribution in [2.45, 2.75) is 59.8 Å². The number of aryl methyl sites for hydroxylation is 1. The summed E-state index contributed by atoms with van der Waals surface area (Å²) in [6.45, 7) is 7.32. The molecule has 0 unspecified atom stereocenters. The van der Waals surface area contributed by atoms with E-state index in [1.54, 1.807) is 6.92 Å². The summed E-state index contributed by atoms with van der Waals surface area (Å²) in [4.78, 5) is 37.8. The number of ether oxygens (including phenoxy) is 1. The number of anilines is 1.